The summed E-state index contributed by atoms with van der Waals surface area (Å²) >= 11 is 0. The van der Waals surface area contributed by atoms with Crippen LogP contribution in [0.3, 0.4) is 0 Å². The van der Waals surface area contributed by atoms with Crippen LogP contribution in [0.25, 0.3) is 0 Å². The summed E-state index contributed by atoms with van der Waals surface area (Å²) < 4.78 is 4.86. The average Bonchev–Trinajstić information content (AvgIpc) is 2.35. The first-order valence-corrected chi connectivity index (χ1v) is 6.24. The number of hydrogen-bond donors (Lipinski definition) is 2. The van der Waals surface area contributed by atoms with Gasteiger partial charge in [0, 0.05) is 33.2 Å². The molecule has 0 aliphatic heterocycles. The molecular weight excluding hydrogens is 228 g/mol. The van der Waals surface area contributed by atoms with Crippen molar-refractivity contribution in [2.45, 2.75) is 19.9 Å². The number of carbonyl (C=O) groups excluding carboxylic acids is 1. The third-order valence-corrected chi connectivity index (χ3v) is 2.57. The highest BCUT2D eigenvalue weighted by molar-refractivity contribution is 5.75. The van der Waals surface area contributed by atoms with Gasteiger partial charge in [-0.2, -0.15) is 0 Å². The van der Waals surface area contributed by atoms with E-state index >= 15 is 0 Å². The number of amides is 1. The molecule has 4 nitrogen and oxygen atoms in total. The topological polar surface area (TPSA) is 50.4 Å². The number of benzene rings is 1. The zero-order valence-corrected chi connectivity index (χ0v) is 11.2. The second kappa shape index (κ2) is 8.66. The van der Waals surface area contributed by atoms with E-state index in [1.807, 2.05) is 6.07 Å². The molecule has 0 saturated carbocycles. The molecule has 18 heavy (non-hydrogen) atoms. The van der Waals surface area contributed by atoms with Crippen molar-refractivity contribution in [3.05, 3.63) is 35.4 Å². The molecule has 0 spiro atoms. The predicted octanol–water partition coefficient (Wildman–Crippen LogP) is 1.24. The molecule has 0 aliphatic carbocycles. The Morgan fingerprint density at radius 2 is 2.17 bits per heavy atom. The first-order valence-electron chi connectivity index (χ1n) is 6.24. The van der Waals surface area contributed by atoms with Gasteiger partial charge in [-0.3, -0.25) is 4.79 Å². The fourth-order valence-electron chi connectivity index (χ4n) is 1.64. The molecule has 1 rings (SSSR count). The number of carbonyl (C=O) groups is 1. The largest absolute Gasteiger partial charge is 0.383 e. The highest BCUT2D eigenvalue weighted by Gasteiger charge is 1.99. The molecule has 0 atom stereocenters. The van der Waals surface area contributed by atoms with Gasteiger partial charge in [-0.1, -0.05) is 29.8 Å². The van der Waals surface area contributed by atoms with Crippen molar-refractivity contribution in [3.63, 3.8) is 0 Å². The molecule has 1 aromatic carbocycles. The van der Waals surface area contributed by atoms with Crippen LogP contribution in [0.5, 0.6) is 0 Å². The summed E-state index contributed by atoms with van der Waals surface area (Å²) in [7, 11) is 1.62. The van der Waals surface area contributed by atoms with Gasteiger partial charge in [-0.05, 0) is 12.5 Å². The van der Waals surface area contributed by atoms with Gasteiger partial charge in [0.25, 0.3) is 0 Å². The minimum Gasteiger partial charge on any atom is -0.383 e. The summed E-state index contributed by atoms with van der Waals surface area (Å²) in [5, 5.41) is 6.05. The normalized spacial score (nSPS) is 10.3. The molecule has 100 valence electrons. The second-order valence-electron chi connectivity index (χ2n) is 4.26. The van der Waals surface area contributed by atoms with Gasteiger partial charge in [-0.25, -0.2) is 0 Å². The SMILES string of the molecule is COCCNC(=O)CCNCc1cccc(C)c1. The molecule has 0 saturated heterocycles. The molecule has 0 fully saturated rings. The van der Waals surface area contributed by atoms with E-state index < -0.39 is 0 Å². The maximum absolute atomic E-state index is 11.4. The van der Waals surface area contributed by atoms with Gasteiger partial charge < -0.3 is 15.4 Å². The van der Waals surface area contributed by atoms with Crippen molar-refractivity contribution >= 4 is 5.91 Å². The molecule has 1 aromatic rings. The van der Waals surface area contributed by atoms with Gasteiger partial charge in [0.15, 0.2) is 0 Å². The lowest BCUT2D eigenvalue weighted by Gasteiger charge is -2.06. The smallest absolute Gasteiger partial charge is 0.221 e. The van der Waals surface area contributed by atoms with Crippen LogP contribution in [0.1, 0.15) is 17.5 Å². The van der Waals surface area contributed by atoms with Crippen molar-refractivity contribution in [1.82, 2.24) is 10.6 Å². The molecule has 1 amide bonds. The van der Waals surface area contributed by atoms with E-state index in [1.165, 1.54) is 11.1 Å². The minimum absolute atomic E-state index is 0.0591. The summed E-state index contributed by atoms with van der Waals surface area (Å²) in [5.74, 6) is 0.0591. The number of ether oxygens (including phenoxy) is 1. The highest BCUT2D eigenvalue weighted by atomic mass is 16.5. The summed E-state index contributed by atoms with van der Waals surface area (Å²) in [4.78, 5) is 11.4. The number of methoxy groups -OCH3 is 1. The molecule has 4 heteroatoms. The summed E-state index contributed by atoms with van der Waals surface area (Å²) in [6, 6.07) is 8.35. The second-order valence-corrected chi connectivity index (χ2v) is 4.26. The number of aryl methyl sites for hydroxylation is 1. The fourth-order valence-corrected chi connectivity index (χ4v) is 1.64. The van der Waals surface area contributed by atoms with Crippen LogP contribution in [-0.2, 0) is 16.1 Å². The van der Waals surface area contributed by atoms with E-state index in [2.05, 4.69) is 35.8 Å². The third-order valence-electron chi connectivity index (χ3n) is 2.57. The Labute approximate surface area is 109 Å². The van der Waals surface area contributed by atoms with Crippen molar-refractivity contribution in [1.29, 1.82) is 0 Å². The van der Waals surface area contributed by atoms with Crippen LogP contribution in [-0.4, -0.2) is 32.7 Å². The molecular formula is C14H22N2O2. The maximum Gasteiger partial charge on any atom is 0.221 e. The van der Waals surface area contributed by atoms with Crippen LogP contribution in [0.4, 0.5) is 0 Å². The number of hydrogen-bond acceptors (Lipinski definition) is 3. The first-order chi connectivity index (χ1) is 8.72. The van der Waals surface area contributed by atoms with Crippen molar-refractivity contribution < 1.29 is 9.53 Å². The van der Waals surface area contributed by atoms with E-state index in [4.69, 9.17) is 4.74 Å². The molecule has 0 bridgehead atoms. The molecule has 0 radical (unpaired) electrons. The zero-order chi connectivity index (χ0) is 13.2. The lowest BCUT2D eigenvalue weighted by atomic mass is 10.1. The van der Waals surface area contributed by atoms with Crippen molar-refractivity contribution in [2.75, 3.05) is 26.8 Å². The third kappa shape index (κ3) is 6.37. The molecule has 2 N–H and O–H groups in total. The Hall–Kier alpha value is -1.39. The summed E-state index contributed by atoms with van der Waals surface area (Å²) in [6.45, 7) is 4.70. The highest BCUT2D eigenvalue weighted by Crippen LogP contribution is 2.02. The molecule has 0 aliphatic rings. The van der Waals surface area contributed by atoms with Crippen LogP contribution >= 0.6 is 0 Å². The van der Waals surface area contributed by atoms with E-state index in [-0.39, 0.29) is 5.91 Å². The van der Waals surface area contributed by atoms with Gasteiger partial charge >= 0.3 is 0 Å². The Morgan fingerprint density at radius 3 is 2.89 bits per heavy atom. The summed E-state index contributed by atoms with van der Waals surface area (Å²) in [5.41, 5.74) is 2.50. The Morgan fingerprint density at radius 1 is 1.33 bits per heavy atom. The lowest BCUT2D eigenvalue weighted by Crippen LogP contribution is -2.29. The standard InChI is InChI=1S/C14H22N2O2/c1-12-4-3-5-13(10-12)11-15-7-6-14(17)16-8-9-18-2/h3-5,10,15H,6-9,11H2,1-2H3,(H,16,17). The summed E-state index contributed by atoms with van der Waals surface area (Å²) in [6.07, 6.45) is 0.496. The van der Waals surface area contributed by atoms with Crippen LogP contribution in [0, 0.1) is 6.92 Å². The van der Waals surface area contributed by atoms with Crippen molar-refractivity contribution in [2.24, 2.45) is 0 Å². The minimum atomic E-state index is 0.0591. The number of rotatable bonds is 8. The van der Waals surface area contributed by atoms with Gasteiger partial charge in [-0.15, -0.1) is 0 Å². The van der Waals surface area contributed by atoms with E-state index in [0.717, 1.165) is 6.54 Å². The quantitative estimate of drug-likeness (QED) is 0.682. The molecule has 0 heterocycles. The Bertz CT molecular complexity index is 367. The Kier molecular flexibility index (Phi) is 7.06. The monoisotopic (exact) mass is 250 g/mol. The van der Waals surface area contributed by atoms with Crippen LogP contribution in [0.2, 0.25) is 0 Å². The zero-order valence-electron chi connectivity index (χ0n) is 11.2. The van der Waals surface area contributed by atoms with Gasteiger partial charge in [0.2, 0.25) is 5.91 Å². The average molecular weight is 250 g/mol. The van der Waals surface area contributed by atoms with Crippen LogP contribution in [0.15, 0.2) is 24.3 Å². The lowest BCUT2D eigenvalue weighted by molar-refractivity contribution is -0.121. The van der Waals surface area contributed by atoms with Gasteiger partial charge in [0.05, 0.1) is 6.61 Å². The fraction of sp³-hybridized carbons (Fsp3) is 0.500. The molecule has 0 aromatic heterocycles. The van der Waals surface area contributed by atoms with Crippen LogP contribution < -0.4 is 10.6 Å². The predicted molar refractivity (Wildman–Crippen MR) is 72.4 cm³/mol. The molecule has 0 unspecified atom stereocenters. The van der Waals surface area contributed by atoms with E-state index in [9.17, 15) is 4.79 Å². The van der Waals surface area contributed by atoms with Crippen molar-refractivity contribution in [3.8, 4) is 0 Å². The number of nitrogens with one attached hydrogen (secondary N) is 2. The van der Waals surface area contributed by atoms with E-state index in [1.54, 1.807) is 7.11 Å². The van der Waals surface area contributed by atoms with Gasteiger partial charge in [0.1, 0.15) is 0 Å². The maximum atomic E-state index is 11.4. The first kappa shape index (κ1) is 14.7. The van der Waals surface area contributed by atoms with E-state index in [0.29, 0.717) is 26.1 Å². The Balaban J connectivity index is 2.09.